The Morgan fingerprint density at radius 1 is 1.11 bits per heavy atom. The average Bonchev–Trinajstić information content (AvgIpc) is 3.24. The molecule has 0 amide bonds. The highest BCUT2D eigenvalue weighted by atomic mass is 19.4. The van der Waals surface area contributed by atoms with Gasteiger partial charge < -0.3 is 19.4 Å². The van der Waals surface area contributed by atoms with Crippen molar-refractivity contribution >= 4 is 28.6 Å². The maximum absolute atomic E-state index is 12.6. The van der Waals surface area contributed by atoms with Crippen LogP contribution in [0.15, 0.2) is 66.7 Å². The van der Waals surface area contributed by atoms with Gasteiger partial charge in [0.05, 0.1) is 24.2 Å². The van der Waals surface area contributed by atoms with Crippen LogP contribution in [-0.2, 0) is 22.4 Å². The Hall–Kier alpha value is -4.01. The molecule has 3 aromatic carbocycles. The predicted octanol–water partition coefficient (Wildman–Crippen LogP) is 6.71. The number of anilines is 2. The van der Waals surface area contributed by atoms with Crippen LogP contribution in [0.4, 0.5) is 24.8 Å². The summed E-state index contributed by atoms with van der Waals surface area (Å²) in [6.45, 7) is 0. The topological polar surface area (TPSA) is 65.4 Å². The zero-order valence-electron chi connectivity index (χ0n) is 20.2. The normalized spacial score (nSPS) is 15.3. The summed E-state index contributed by atoms with van der Waals surface area (Å²) in [5, 5.41) is 3.30. The van der Waals surface area contributed by atoms with Crippen molar-refractivity contribution in [3.05, 3.63) is 83.4 Å². The fourth-order valence-electron chi connectivity index (χ4n) is 4.92. The highest BCUT2D eigenvalue weighted by Gasteiger charge is 2.31. The molecule has 9 heteroatoms. The molecule has 0 unspecified atom stereocenters. The molecule has 37 heavy (non-hydrogen) atoms. The Morgan fingerprint density at radius 3 is 2.65 bits per heavy atom. The van der Waals surface area contributed by atoms with Gasteiger partial charge in [-0.15, -0.1) is 13.2 Å². The van der Waals surface area contributed by atoms with Crippen LogP contribution in [-0.4, -0.2) is 29.0 Å². The predicted molar refractivity (Wildman–Crippen MR) is 134 cm³/mol. The molecule has 1 aromatic heterocycles. The second-order valence-corrected chi connectivity index (χ2v) is 9.01. The summed E-state index contributed by atoms with van der Waals surface area (Å²) in [4.78, 5) is 16.5. The van der Waals surface area contributed by atoms with Gasteiger partial charge in [0.2, 0.25) is 5.95 Å². The number of methoxy groups -OCH3 is 1. The Morgan fingerprint density at radius 2 is 1.89 bits per heavy atom. The van der Waals surface area contributed by atoms with Gasteiger partial charge in [0, 0.05) is 12.1 Å². The highest BCUT2D eigenvalue weighted by Crippen LogP contribution is 2.38. The summed E-state index contributed by atoms with van der Waals surface area (Å²) in [6, 6.07) is 20.0. The van der Waals surface area contributed by atoms with Crippen molar-refractivity contribution < 1.29 is 27.4 Å². The number of halogens is 3. The highest BCUT2D eigenvalue weighted by molar-refractivity contribution is 5.81. The van der Waals surface area contributed by atoms with Crippen LogP contribution in [0.2, 0.25) is 0 Å². The van der Waals surface area contributed by atoms with Crippen LogP contribution in [0.5, 0.6) is 5.75 Å². The number of hydrogen-bond donors (Lipinski definition) is 1. The van der Waals surface area contributed by atoms with E-state index < -0.39 is 6.36 Å². The van der Waals surface area contributed by atoms with E-state index in [1.807, 2.05) is 30.3 Å². The number of esters is 1. The molecule has 192 valence electrons. The van der Waals surface area contributed by atoms with E-state index in [2.05, 4.69) is 26.8 Å². The molecule has 0 spiro atoms. The van der Waals surface area contributed by atoms with E-state index in [1.54, 1.807) is 0 Å². The van der Waals surface area contributed by atoms with Crippen molar-refractivity contribution in [2.45, 2.75) is 44.5 Å². The molecule has 1 heterocycles. The Labute approximate surface area is 212 Å². The van der Waals surface area contributed by atoms with Crippen molar-refractivity contribution in [1.29, 1.82) is 0 Å². The lowest BCUT2D eigenvalue weighted by Crippen LogP contribution is -2.18. The summed E-state index contributed by atoms with van der Waals surface area (Å²) in [5.41, 5.74) is 5.79. The first-order chi connectivity index (χ1) is 17.8. The molecule has 0 saturated carbocycles. The van der Waals surface area contributed by atoms with Crippen LogP contribution >= 0.6 is 0 Å². The fraction of sp³-hybridized carbons (Fsp3) is 0.286. The fourth-order valence-corrected chi connectivity index (χ4v) is 4.92. The standard InChI is InChI=1S/C28H26F3N3O3/c1-36-26(35)16-10-18-9-15-25-23(17-18)33-27(32-20-11-13-21(14-12-20)37-28(29,30)31)34(25)24-8-4-6-19-5-2-3-7-22(19)24/h2-3,5,7,9,11-15,17,24H,4,6,8,10,16H2,1H3,(H,32,33)/t24-/m1/s1. The Bertz CT molecular complexity index is 1410. The van der Waals surface area contributed by atoms with Crippen molar-refractivity contribution in [1.82, 2.24) is 9.55 Å². The van der Waals surface area contributed by atoms with Gasteiger partial charge >= 0.3 is 12.3 Å². The smallest absolute Gasteiger partial charge is 0.469 e. The molecular formula is C28H26F3N3O3. The number of aromatic nitrogens is 2. The number of carbonyl (C=O) groups excluding carboxylic acids is 1. The summed E-state index contributed by atoms with van der Waals surface area (Å²) in [5.74, 6) is 0.0269. The van der Waals surface area contributed by atoms with Crippen LogP contribution in [0.1, 0.15) is 42.0 Å². The SMILES string of the molecule is COC(=O)CCc1ccc2c(c1)nc(Nc1ccc(OC(F)(F)F)cc1)n2[C@@H]1CCCc2ccccc21. The van der Waals surface area contributed by atoms with Crippen molar-refractivity contribution in [2.24, 2.45) is 0 Å². The third kappa shape index (κ3) is 5.55. The number of aryl methyl sites for hydroxylation is 2. The van der Waals surface area contributed by atoms with Gasteiger partial charge in [-0.1, -0.05) is 30.3 Å². The van der Waals surface area contributed by atoms with E-state index in [4.69, 9.17) is 9.72 Å². The summed E-state index contributed by atoms with van der Waals surface area (Å²) in [6.07, 6.45) is -0.967. The Kier molecular flexibility index (Phi) is 6.78. The lowest BCUT2D eigenvalue weighted by Gasteiger charge is -2.28. The number of nitrogens with one attached hydrogen (secondary N) is 1. The summed E-state index contributed by atoms with van der Waals surface area (Å²) < 4.78 is 48.6. The molecule has 0 aliphatic heterocycles. The monoisotopic (exact) mass is 509 g/mol. The largest absolute Gasteiger partial charge is 0.573 e. The number of fused-ring (bicyclic) bond motifs is 2. The number of alkyl halides is 3. The molecule has 0 fully saturated rings. The molecule has 1 aliphatic rings. The number of rotatable bonds is 7. The van der Waals surface area contributed by atoms with Gasteiger partial charge in [-0.25, -0.2) is 4.98 Å². The van der Waals surface area contributed by atoms with Crippen LogP contribution in [0.25, 0.3) is 11.0 Å². The zero-order chi connectivity index (χ0) is 26.0. The third-order valence-corrected chi connectivity index (χ3v) is 6.59. The second kappa shape index (κ2) is 10.2. The lowest BCUT2D eigenvalue weighted by atomic mass is 9.87. The van der Waals surface area contributed by atoms with E-state index in [1.165, 1.54) is 42.5 Å². The van der Waals surface area contributed by atoms with E-state index in [0.29, 0.717) is 18.1 Å². The summed E-state index contributed by atoms with van der Waals surface area (Å²) >= 11 is 0. The number of hydrogen-bond acceptors (Lipinski definition) is 5. The molecule has 0 radical (unpaired) electrons. The number of imidazole rings is 1. The van der Waals surface area contributed by atoms with E-state index in [0.717, 1.165) is 35.9 Å². The number of benzene rings is 3. The minimum absolute atomic E-state index is 0.0474. The number of ether oxygens (including phenoxy) is 2. The van der Waals surface area contributed by atoms with Gasteiger partial charge in [-0.2, -0.15) is 0 Å². The van der Waals surface area contributed by atoms with E-state index >= 15 is 0 Å². The first-order valence-electron chi connectivity index (χ1n) is 12.1. The first kappa shape index (κ1) is 24.7. The quantitative estimate of drug-likeness (QED) is 0.281. The van der Waals surface area contributed by atoms with Crippen LogP contribution < -0.4 is 10.1 Å². The van der Waals surface area contributed by atoms with E-state index in [-0.39, 0.29) is 24.2 Å². The van der Waals surface area contributed by atoms with Crippen molar-refractivity contribution in [3.8, 4) is 5.75 Å². The molecular weight excluding hydrogens is 483 g/mol. The number of carbonyl (C=O) groups is 1. The lowest BCUT2D eigenvalue weighted by molar-refractivity contribution is -0.274. The maximum Gasteiger partial charge on any atom is 0.573 e. The van der Waals surface area contributed by atoms with Crippen LogP contribution in [0, 0.1) is 0 Å². The third-order valence-electron chi connectivity index (χ3n) is 6.59. The van der Waals surface area contributed by atoms with Gasteiger partial charge in [0.25, 0.3) is 0 Å². The molecule has 1 aliphatic carbocycles. The van der Waals surface area contributed by atoms with E-state index in [9.17, 15) is 18.0 Å². The summed E-state index contributed by atoms with van der Waals surface area (Å²) in [7, 11) is 1.37. The van der Waals surface area contributed by atoms with Gasteiger partial charge in [-0.3, -0.25) is 4.79 Å². The van der Waals surface area contributed by atoms with Crippen LogP contribution in [0.3, 0.4) is 0 Å². The van der Waals surface area contributed by atoms with Crippen molar-refractivity contribution in [2.75, 3.05) is 12.4 Å². The molecule has 6 nitrogen and oxygen atoms in total. The second-order valence-electron chi connectivity index (χ2n) is 9.01. The minimum atomic E-state index is -4.75. The molecule has 0 saturated heterocycles. The Balaban J connectivity index is 1.53. The minimum Gasteiger partial charge on any atom is -0.469 e. The number of nitrogens with zero attached hydrogens (tertiary/aromatic N) is 2. The molecule has 5 rings (SSSR count). The average molecular weight is 510 g/mol. The zero-order valence-corrected chi connectivity index (χ0v) is 20.2. The maximum atomic E-state index is 12.6. The van der Waals surface area contributed by atoms with Gasteiger partial charge in [-0.05, 0) is 78.8 Å². The first-order valence-corrected chi connectivity index (χ1v) is 12.1. The van der Waals surface area contributed by atoms with Gasteiger partial charge in [0.15, 0.2) is 0 Å². The molecule has 1 atom stereocenters. The molecule has 0 bridgehead atoms. The molecule has 4 aromatic rings. The molecule has 1 N–H and O–H groups in total. The van der Waals surface area contributed by atoms with Crippen molar-refractivity contribution in [3.63, 3.8) is 0 Å². The van der Waals surface area contributed by atoms with Gasteiger partial charge in [0.1, 0.15) is 5.75 Å².